The second-order valence-electron chi connectivity index (χ2n) is 6.98. The van der Waals surface area contributed by atoms with Crippen LogP contribution in [0.1, 0.15) is 38.5 Å². The normalized spacial score (nSPS) is 27.9. The number of aromatic hydroxyl groups is 1. The molecule has 2 N–H and O–H groups in total. The number of nitro groups is 1. The zero-order chi connectivity index (χ0) is 18.5. The molecule has 1 unspecified atom stereocenters. The van der Waals surface area contributed by atoms with Crippen molar-refractivity contribution in [2.45, 2.75) is 38.5 Å². The summed E-state index contributed by atoms with van der Waals surface area (Å²) in [6, 6.07) is 3.72. The molecule has 1 aromatic rings. The zero-order valence-electron chi connectivity index (χ0n) is 14.6. The first-order chi connectivity index (χ1) is 12.6. The summed E-state index contributed by atoms with van der Waals surface area (Å²) in [5, 5.41) is 23.4. The number of hydrogen-bond acceptors (Lipinski definition) is 4. The largest absolute Gasteiger partial charge is 0.506 e. The number of carbonyl (C=O) groups is 1. The molecule has 6 heteroatoms. The van der Waals surface area contributed by atoms with Crippen LogP contribution >= 0.6 is 0 Å². The third kappa shape index (κ3) is 4.31. The van der Waals surface area contributed by atoms with Gasteiger partial charge in [-0.05, 0) is 56.4 Å². The van der Waals surface area contributed by atoms with Crippen LogP contribution in [0, 0.1) is 27.9 Å². The van der Waals surface area contributed by atoms with Crippen molar-refractivity contribution in [2.75, 3.05) is 5.32 Å². The molecule has 0 radical (unpaired) electrons. The molecule has 0 spiro atoms. The van der Waals surface area contributed by atoms with E-state index in [9.17, 15) is 20.0 Å². The minimum Gasteiger partial charge on any atom is -0.506 e. The first-order valence-electron chi connectivity index (χ1n) is 9.16. The predicted molar refractivity (Wildman–Crippen MR) is 99.8 cm³/mol. The molecular weight excluding hydrogens is 332 g/mol. The van der Waals surface area contributed by atoms with Crippen molar-refractivity contribution in [3.63, 3.8) is 0 Å². The SMILES string of the molecule is O=C(Nc1ccc([N+](=O)[O-])cc1O)C1[C@H]2CC/C=C/CC/C=C/CC[C@@H]12. The van der Waals surface area contributed by atoms with Gasteiger partial charge < -0.3 is 10.4 Å². The van der Waals surface area contributed by atoms with Gasteiger partial charge >= 0.3 is 0 Å². The highest BCUT2D eigenvalue weighted by atomic mass is 16.6. The number of anilines is 1. The van der Waals surface area contributed by atoms with Crippen LogP contribution in [0.4, 0.5) is 11.4 Å². The van der Waals surface area contributed by atoms with Gasteiger partial charge in [-0.1, -0.05) is 24.3 Å². The zero-order valence-corrected chi connectivity index (χ0v) is 14.6. The van der Waals surface area contributed by atoms with Gasteiger partial charge in [0.15, 0.2) is 0 Å². The quantitative estimate of drug-likeness (QED) is 0.359. The third-order valence-corrected chi connectivity index (χ3v) is 5.25. The van der Waals surface area contributed by atoms with E-state index in [0.29, 0.717) is 11.8 Å². The minimum absolute atomic E-state index is 0.0489. The van der Waals surface area contributed by atoms with Gasteiger partial charge in [0.25, 0.3) is 5.69 Å². The standard InChI is InChI=1S/C20H24N2O4/c23-18-13-14(22(25)26)11-12-17(18)21-20(24)19-15-9-7-5-3-1-2-4-6-8-10-16(15)19/h3-6,11-13,15-16,19,23H,1-2,7-10H2,(H,21,24)/b5-3+,6-4+/t15-,16+,19?. The van der Waals surface area contributed by atoms with E-state index in [-0.39, 0.29) is 28.9 Å². The molecule has 138 valence electrons. The molecule has 0 aliphatic heterocycles. The minimum atomic E-state index is -0.577. The monoisotopic (exact) mass is 356 g/mol. The number of benzene rings is 1. The fourth-order valence-corrected chi connectivity index (χ4v) is 3.82. The van der Waals surface area contributed by atoms with Gasteiger partial charge in [-0.25, -0.2) is 0 Å². The smallest absolute Gasteiger partial charge is 0.273 e. The van der Waals surface area contributed by atoms with E-state index in [0.717, 1.165) is 44.6 Å². The Morgan fingerprint density at radius 2 is 1.62 bits per heavy atom. The van der Waals surface area contributed by atoms with Crippen molar-refractivity contribution in [1.29, 1.82) is 0 Å². The molecule has 3 rings (SSSR count). The van der Waals surface area contributed by atoms with Crippen LogP contribution in [0.2, 0.25) is 0 Å². The lowest BCUT2D eigenvalue weighted by atomic mass is 10.1. The Morgan fingerprint density at radius 1 is 1.04 bits per heavy atom. The molecule has 6 nitrogen and oxygen atoms in total. The molecule has 0 aromatic heterocycles. The molecule has 1 aromatic carbocycles. The number of non-ortho nitro benzene ring substituents is 1. The second kappa shape index (κ2) is 8.17. The molecule has 0 heterocycles. The Morgan fingerprint density at radius 3 is 2.15 bits per heavy atom. The van der Waals surface area contributed by atoms with Crippen molar-refractivity contribution in [1.82, 2.24) is 0 Å². The van der Waals surface area contributed by atoms with Crippen molar-refractivity contribution in [2.24, 2.45) is 17.8 Å². The average molecular weight is 356 g/mol. The van der Waals surface area contributed by atoms with Gasteiger partial charge in [-0.2, -0.15) is 0 Å². The summed E-state index contributed by atoms with van der Waals surface area (Å²) in [6.45, 7) is 0. The molecular formula is C20H24N2O4. The van der Waals surface area contributed by atoms with E-state index in [1.165, 1.54) is 12.1 Å². The van der Waals surface area contributed by atoms with Gasteiger partial charge in [-0.3, -0.25) is 14.9 Å². The Balaban J connectivity index is 1.65. The van der Waals surface area contributed by atoms with Gasteiger partial charge in [0.2, 0.25) is 5.91 Å². The molecule has 26 heavy (non-hydrogen) atoms. The van der Waals surface area contributed by atoms with E-state index in [1.807, 2.05) is 0 Å². The fraction of sp³-hybridized carbons (Fsp3) is 0.450. The molecule has 0 bridgehead atoms. The number of carbonyl (C=O) groups excluding carboxylic acids is 1. The van der Waals surface area contributed by atoms with Crippen LogP contribution in [0.25, 0.3) is 0 Å². The summed E-state index contributed by atoms with van der Waals surface area (Å²) in [7, 11) is 0. The van der Waals surface area contributed by atoms with Gasteiger partial charge in [-0.15, -0.1) is 0 Å². The summed E-state index contributed by atoms with van der Waals surface area (Å²) < 4.78 is 0. The lowest BCUT2D eigenvalue weighted by Gasteiger charge is -2.07. The van der Waals surface area contributed by atoms with Gasteiger partial charge in [0.1, 0.15) is 5.75 Å². The van der Waals surface area contributed by atoms with E-state index in [4.69, 9.17) is 0 Å². The first kappa shape index (κ1) is 18.2. The fourth-order valence-electron chi connectivity index (χ4n) is 3.82. The van der Waals surface area contributed by atoms with Crippen LogP contribution in [0.15, 0.2) is 42.5 Å². The Hall–Kier alpha value is -2.63. The molecule has 1 fully saturated rings. The van der Waals surface area contributed by atoms with E-state index in [1.54, 1.807) is 0 Å². The lowest BCUT2D eigenvalue weighted by molar-refractivity contribution is -0.384. The summed E-state index contributed by atoms with van der Waals surface area (Å²) in [5.74, 6) is 0.303. The predicted octanol–water partition coefficient (Wildman–Crippen LogP) is 4.57. The lowest BCUT2D eigenvalue weighted by Crippen LogP contribution is -2.16. The number of rotatable bonds is 3. The Kier molecular flexibility index (Phi) is 5.71. The number of nitrogens with one attached hydrogen (secondary N) is 1. The topological polar surface area (TPSA) is 92.5 Å². The number of hydrogen-bond donors (Lipinski definition) is 2. The second-order valence-corrected chi connectivity index (χ2v) is 6.98. The number of phenolic OH excluding ortho intramolecular Hbond substituents is 1. The summed E-state index contributed by atoms with van der Waals surface area (Å²) >= 11 is 0. The van der Waals surface area contributed by atoms with Crippen LogP contribution in [0.5, 0.6) is 5.75 Å². The first-order valence-corrected chi connectivity index (χ1v) is 9.16. The van der Waals surface area contributed by atoms with Crippen molar-refractivity contribution < 1.29 is 14.8 Å². The number of nitro benzene ring substituents is 1. The van der Waals surface area contributed by atoms with Crippen LogP contribution in [-0.2, 0) is 4.79 Å². The number of allylic oxidation sites excluding steroid dienone is 4. The number of amides is 1. The average Bonchev–Trinajstić information content (AvgIpc) is 3.29. The van der Waals surface area contributed by atoms with E-state index in [2.05, 4.69) is 29.6 Å². The maximum Gasteiger partial charge on any atom is 0.273 e. The Bertz CT molecular complexity index is 717. The number of nitrogens with zero attached hydrogens (tertiary/aromatic N) is 1. The van der Waals surface area contributed by atoms with Gasteiger partial charge in [0, 0.05) is 12.0 Å². The maximum atomic E-state index is 12.7. The van der Waals surface area contributed by atoms with Crippen LogP contribution in [0.3, 0.4) is 0 Å². The number of fused-ring (bicyclic) bond motifs is 1. The molecule has 0 saturated heterocycles. The third-order valence-electron chi connectivity index (χ3n) is 5.25. The van der Waals surface area contributed by atoms with Crippen molar-refractivity contribution in [3.8, 4) is 5.75 Å². The van der Waals surface area contributed by atoms with E-state index < -0.39 is 4.92 Å². The summed E-state index contributed by atoms with van der Waals surface area (Å²) in [6.07, 6.45) is 14.9. The molecule has 3 atom stereocenters. The maximum absolute atomic E-state index is 12.7. The molecule has 2 aliphatic rings. The number of phenols is 1. The van der Waals surface area contributed by atoms with Crippen molar-refractivity contribution in [3.05, 3.63) is 52.6 Å². The highest BCUT2D eigenvalue weighted by Gasteiger charge is 2.52. The van der Waals surface area contributed by atoms with Gasteiger partial charge in [0.05, 0.1) is 16.7 Å². The van der Waals surface area contributed by atoms with E-state index >= 15 is 0 Å². The Labute approximate surface area is 152 Å². The van der Waals surface area contributed by atoms with Crippen LogP contribution in [-0.4, -0.2) is 15.9 Å². The molecule has 2 aliphatic carbocycles. The summed E-state index contributed by atoms with van der Waals surface area (Å²) in [5.41, 5.74) is 0.0227. The highest BCUT2D eigenvalue weighted by Crippen LogP contribution is 2.52. The van der Waals surface area contributed by atoms with Crippen LogP contribution < -0.4 is 5.32 Å². The van der Waals surface area contributed by atoms with Crippen molar-refractivity contribution >= 4 is 17.3 Å². The molecule has 1 saturated carbocycles. The highest BCUT2D eigenvalue weighted by molar-refractivity contribution is 5.96. The molecule has 1 amide bonds. The summed E-state index contributed by atoms with van der Waals surface area (Å²) in [4.78, 5) is 22.8.